The molecule has 1 fully saturated rings. The first-order valence-corrected chi connectivity index (χ1v) is 5.99. The number of hydrogen-bond donors (Lipinski definition) is 3. The van der Waals surface area contributed by atoms with E-state index in [-0.39, 0.29) is 11.3 Å². The van der Waals surface area contributed by atoms with Crippen LogP contribution in [-0.4, -0.2) is 35.7 Å². The van der Waals surface area contributed by atoms with E-state index in [1.807, 2.05) is 20.8 Å². The molecular weight excluding hydrogens is 204 g/mol. The van der Waals surface area contributed by atoms with Gasteiger partial charge in [0.25, 0.3) is 0 Å². The highest BCUT2D eigenvalue weighted by molar-refractivity contribution is 5.83. The van der Waals surface area contributed by atoms with Crippen molar-refractivity contribution in [3.8, 4) is 0 Å². The Balaban J connectivity index is 2.64. The molecule has 2 unspecified atom stereocenters. The molecule has 4 nitrogen and oxygen atoms in total. The van der Waals surface area contributed by atoms with Crippen molar-refractivity contribution in [3.63, 3.8) is 0 Å². The van der Waals surface area contributed by atoms with Crippen LogP contribution >= 0.6 is 0 Å². The molecule has 3 N–H and O–H groups in total. The third kappa shape index (κ3) is 2.95. The van der Waals surface area contributed by atoms with E-state index in [0.29, 0.717) is 6.54 Å². The number of piperidine rings is 1. The van der Waals surface area contributed by atoms with Gasteiger partial charge in [-0.2, -0.15) is 0 Å². The molecule has 1 amide bonds. The lowest BCUT2D eigenvalue weighted by Crippen LogP contribution is -2.57. The summed E-state index contributed by atoms with van der Waals surface area (Å²) >= 11 is 0. The standard InChI is InChI=1S/C12H24N2O2/c1-9(15)11(2,3)14-10(16)12(4)6-5-7-13-8-12/h9,13,15H,5-8H2,1-4H3,(H,14,16). The quantitative estimate of drug-likeness (QED) is 0.665. The number of amides is 1. The van der Waals surface area contributed by atoms with E-state index in [0.717, 1.165) is 19.4 Å². The van der Waals surface area contributed by atoms with Gasteiger partial charge in [-0.25, -0.2) is 0 Å². The Kier molecular flexibility index (Phi) is 3.97. The number of nitrogens with one attached hydrogen (secondary N) is 2. The van der Waals surface area contributed by atoms with E-state index in [4.69, 9.17) is 0 Å². The van der Waals surface area contributed by atoms with E-state index in [2.05, 4.69) is 10.6 Å². The molecule has 1 saturated heterocycles. The molecule has 1 rings (SSSR count). The maximum atomic E-state index is 12.2. The van der Waals surface area contributed by atoms with Crippen LogP contribution in [0.3, 0.4) is 0 Å². The van der Waals surface area contributed by atoms with Crippen LogP contribution in [0.15, 0.2) is 0 Å². The summed E-state index contributed by atoms with van der Waals surface area (Å²) in [4.78, 5) is 12.2. The van der Waals surface area contributed by atoms with E-state index in [1.165, 1.54) is 0 Å². The fourth-order valence-electron chi connectivity index (χ4n) is 1.80. The van der Waals surface area contributed by atoms with Crippen LogP contribution < -0.4 is 10.6 Å². The second-order valence-electron chi connectivity index (χ2n) is 5.69. The number of carbonyl (C=O) groups is 1. The van der Waals surface area contributed by atoms with Gasteiger partial charge < -0.3 is 15.7 Å². The maximum Gasteiger partial charge on any atom is 0.227 e. The van der Waals surface area contributed by atoms with Crippen LogP contribution in [0.4, 0.5) is 0 Å². The van der Waals surface area contributed by atoms with Gasteiger partial charge in [0.15, 0.2) is 0 Å². The van der Waals surface area contributed by atoms with E-state index in [1.54, 1.807) is 6.92 Å². The molecule has 0 spiro atoms. The van der Waals surface area contributed by atoms with Gasteiger partial charge in [-0.3, -0.25) is 4.79 Å². The zero-order valence-corrected chi connectivity index (χ0v) is 10.8. The molecule has 0 aromatic heterocycles. The fourth-order valence-corrected chi connectivity index (χ4v) is 1.80. The number of aliphatic hydroxyl groups is 1. The summed E-state index contributed by atoms with van der Waals surface area (Å²) in [6.45, 7) is 9.07. The average Bonchev–Trinajstić information content (AvgIpc) is 2.18. The zero-order valence-electron chi connectivity index (χ0n) is 10.8. The molecule has 1 aliphatic heterocycles. The number of rotatable bonds is 3. The van der Waals surface area contributed by atoms with Crippen molar-refractivity contribution < 1.29 is 9.90 Å². The number of aliphatic hydroxyl groups excluding tert-OH is 1. The lowest BCUT2D eigenvalue weighted by molar-refractivity contribution is -0.134. The molecule has 1 heterocycles. The van der Waals surface area contributed by atoms with Crippen LogP contribution in [0.25, 0.3) is 0 Å². The summed E-state index contributed by atoms with van der Waals surface area (Å²) in [6.07, 6.45) is 1.37. The lowest BCUT2D eigenvalue weighted by Gasteiger charge is -2.37. The highest BCUT2D eigenvalue weighted by atomic mass is 16.3. The van der Waals surface area contributed by atoms with Crippen molar-refractivity contribution in [3.05, 3.63) is 0 Å². The lowest BCUT2D eigenvalue weighted by atomic mass is 9.81. The summed E-state index contributed by atoms with van der Waals surface area (Å²) < 4.78 is 0. The van der Waals surface area contributed by atoms with Gasteiger partial charge >= 0.3 is 0 Å². The van der Waals surface area contributed by atoms with Crippen molar-refractivity contribution in [2.45, 2.75) is 52.2 Å². The van der Waals surface area contributed by atoms with Gasteiger partial charge in [0.1, 0.15) is 0 Å². The van der Waals surface area contributed by atoms with E-state index in [9.17, 15) is 9.90 Å². The highest BCUT2D eigenvalue weighted by Crippen LogP contribution is 2.26. The molecule has 0 bridgehead atoms. The normalized spacial score (nSPS) is 28.6. The van der Waals surface area contributed by atoms with Crippen LogP contribution in [0.5, 0.6) is 0 Å². The topological polar surface area (TPSA) is 61.4 Å². The molecule has 16 heavy (non-hydrogen) atoms. The molecule has 1 aliphatic rings. The van der Waals surface area contributed by atoms with Gasteiger partial charge in [-0.15, -0.1) is 0 Å². The van der Waals surface area contributed by atoms with Crippen molar-refractivity contribution in [2.24, 2.45) is 5.41 Å². The SMILES string of the molecule is CC(O)C(C)(C)NC(=O)C1(C)CCCNC1. The van der Waals surface area contributed by atoms with Crippen molar-refractivity contribution in [1.82, 2.24) is 10.6 Å². The Morgan fingerprint density at radius 3 is 2.62 bits per heavy atom. The first-order chi connectivity index (χ1) is 7.28. The van der Waals surface area contributed by atoms with E-state index >= 15 is 0 Å². The van der Waals surface area contributed by atoms with Gasteiger partial charge in [0.2, 0.25) is 5.91 Å². The minimum absolute atomic E-state index is 0.0330. The van der Waals surface area contributed by atoms with Gasteiger partial charge in [-0.05, 0) is 47.1 Å². The predicted octanol–water partition coefficient (Wildman–Crippen LogP) is 0.652. The highest BCUT2D eigenvalue weighted by Gasteiger charge is 2.38. The molecule has 4 heteroatoms. The largest absolute Gasteiger partial charge is 0.391 e. The van der Waals surface area contributed by atoms with Gasteiger partial charge in [-0.1, -0.05) is 0 Å². The van der Waals surface area contributed by atoms with Crippen molar-refractivity contribution in [2.75, 3.05) is 13.1 Å². The second kappa shape index (κ2) is 4.72. The van der Waals surface area contributed by atoms with Gasteiger partial charge in [0, 0.05) is 6.54 Å². The molecule has 2 atom stereocenters. The fraction of sp³-hybridized carbons (Fsp3) is 0.917. The summed E-state index contributed by atoms with van der Waals surface area (Å²) in [6, 6.07) is 0. The Bertz CT molecular complexity index is 256. The number of hydrogen-bond acceptors (Lipinski definition) is 3. The monoisotopic (exact) mass is 228 g/mol. The smallest absolute Gasteiger partial charge is 0.227 e. The molecule has 0 aliphatic carbocycles. The van der Waals surface area contributed by atoms with Crippen LogP contribution in [0, 0.1) is 5.41 Å². The molecule has 0 aromatic carbocycles. The Labute approximate surface area is 97.8 Å². The molecule has 94 valence electrons. The second-order valence-corrected chi connectivity index (χ2v) is 5.69. The van der Waals surface area contributed by atoms with Crippen molar-refractivity contribution >= 4 is 5.91 Å². The Morgan fingerprint density at radius 1 is 1.56 bits per heavy atom. The van der Waals surface area contributed by atoms with Crippen molar-refractivity contribution in [1.29, 1.82) is 0 Å². The summed E-state index contributed by atoms with van der Waals surface area (Å²) in [7, 11) is 0. The predicted molar refractivity (Wildman–Crippen MR) is 64.1 cm³/mol. The van der Waals surface area contributed by atoms with Gasteiger partial charge in [0.05, 0.1) is 17.1 Å². The third-order valence-corrected chi connectivity index (χ3v) is 3.63. The van der Waals surface area contributed by atoms with Crippen LogP contribution in [0.2, 0.25) is 0 Å². The molecular formula is C12H24N2O2. The third-order valence-electron chi connectivity index (χ3n) is 3.63. The Hall–Kier alpha value is -0.610. The van der Waals surface area contributed by atoms with E-state index < -0.39 is 11.6 Å². The molecule has 0 radical (unpaired) electrons. The first kappa shape index (κ1) is 13.5. The Morgan fingerprint density at radius 2 is 2.19 bits per heavy atom. The van der Waals surface area contributed by atoms with Crippen LogP contribution in [0.1, 0.15) is 40.5 Å². The summed E-state index contributed by atoms with van der Waals surface area (Å²) in [5.74, 6) is 0.0330. The molecule has 0 aromatic rings. The zero-order chi connectivity index (χ0) is 12.4. The average molecular weight is 228 g/mol. The first-order valence-electron chi connectivity index (χ1n) is 5.99. The summed E-state index contributed by atoms with van der Waals surface area (Å²) in [5.41, 5.74) is -0.915. The molecule has 0 saturated carbocycles. The summed E-state index contributed by atoms with van der Waals surface area (Å²) in [5, 5.41) is 15.8. The number of carbonyl (C=O) groups excluding carboxylic acids is 1. The minimum Gasteiger partial charge on any atom is -0.391 e. The maximum absolute atomic E-state index is 12.2. The van der Waals surface area contributed by atoms with Crippen LogP contribution in [-0.2, 0) is 4.79 Å². The minimum atomic E-state index is -0.572.